The largest absolute Gasteiger partial charge is 0.490 e. The normalized spacial score (nSPS) is 42.4. The van der Waals surface area contributed by atoms with E-state index in [1.165, 1.54) is 36.8 Å². The standard InChI is InChI=1S/C25H32O3/c1-3-25(27)23(26)15-22-21-10-8-16-14-18(28-17-6-4-5-7-17)9-11-19(16)20(21)12-13-24(22,25)2/h1,9,11,14,17,20-23,26-27H,4-8,10,12-13,15H2,2H3/t20-,21+,22+,23+,24+,25-/m0/s1. The van der Waals surface area contributed by atoms with Gasteiger partial charge in [-0.1, -0.05) is 18.9 Å². The van der Waals surface area contributed by atoms with Crippen LogP contribution in [-0.4, -0.2) is 28.0 Å². The molecule has 1 aromatic carbocycles. The number of hydrogen-bond acceptors (Lipinski definition) is 3. The van der Waals surface area contributed by atoms with Gasteiger partial charge in [0.15, 0.2) is 5.60 Å². The Bertz CT molecular complexity index is 805. The first kappa shape index (κ1) is 18.5. The molecule has 0 aromatic heterocycles. The van der Waals surface area contributed by atoms with E-state index in [4.69, 9.17) is 11.2 Å². The molecular formula is C25H32O3. The van der Waals surface area contributed by atoms with Gasteiger partial charge in [0.1, 0.15) is 5.75 Å². The highest BCUT2D eigenvalue weighted by Crippen LogP contribution is 2.64. The van der Waals surface area contributed by atoms with Gasteiger partial charge in [-0.2, -0.15) is 0 Å². The molecule has 0 bridgehead atoms. The summed E-state index contributed by atoms with van der Waals surface area (Å²) in [4.78, 5) is 0. The minimum absolute atomic E-state index is 0.282. The number of fused-ring (bicyclic) bond motifs is 5. The molecule has 0 aliphatic heterocycles. The number of hydrogen-bond donors (Lipinski definition) is 2. The van der Waals surface area contributed by atoms with Gasteiger partial charge in [0, 0.05) is 5.41 Å². The van der Waals surface area contributed by atoms with E-state index in [1.54, 1.807) is 0 Å². The number of terminal acetylenes is 1. The number of aliphatic hydroxyl groups is 2. The van der Waals surface area contributed by atoms with E-state index < -0.39 is 11.7 Å². The first-order valence-corrected chi connectivity index (χ1v) is 11.1. The van der Waals surface area contributed by atoms with Crippen molar-refractivity contribution in [3.8, 4) is 18.1 Å². The van der Waals surface area contributed by atoms with E-state index >= 15 is 0 Å². The average molecular weight is 381 g/mol. The first-order valence-electron chi connectivity index (χ1n) is 11.1. The topological polar surface area (TPSA) is 49.7 Å². The lowest BCUT2D eigenvalue weighted by molar-refractivity contribution is -0.101. The second kappa shape index (κ2) is 6.51. The summed E-state index contributed by atoms with van der Waals surface area (Å²) in [6, 6.07) is 6.73. The van der Waals surface area contributed by atoms with Crippen molar-refractivity contribution < 1.29 is 14.9 Å². The van der Waals surface area contributed by atoms with Crippen LogP contribution in [-0.2, 0) is 6.42 Å². The van der Waals surface area contributed by atoms with Crippen molar-refractivity contribution in [1.29, 1.82) is 0 Å². The van der Waals surface area contributed by atoms with Crippen LogP contribution >= 0.6 is 0 Å². The van der Waals surface area contributed by atoms with Crippen LogP contribution in [0.25, 0.3) is 0 Å². The van der Waals surface area contributed by atoms with Gasteiger partial charge in [0.25, 0.3) is 0 Å². The molecule has 0 unspecified atom stereocenters. The number of ether oxygens (including phenoxy) is 1. The fourth-order valence-electron chi connectivity index (χ4n) is 7.11. The summed E-state index contributed by atoms with van der Waals surface area (Å²) in [5, 5.41) is 21.7. The third-order valence-corrected chi connectivity index (χ3v) is 8.74. The molecule has 150 valence electrons. The Hall–Kier alpha value is -1.50. The summed E-state index contributed by atoms with van der Waals surface area (Å²) in [5.74, 6) is 4.89. The number of aliphatic hydroxyl groups excluding tert-OH is 1. The zero-order valence-electron chi connectivity index (χ0n) is 16.9. The molecule has 4 aliphatic rings. The quantitative estimate of drug-likeness (QED) is 0.756. The summed E-state index contributed by atoms with van der Waals surface area (Å²) in [6.07, 6.45) is 14.9. The summed E-state index contributed by atoms with van der Waals surface area (Å²) < 4.78 is 6.23. The minimum atomic E-state index is -1.39. The summed E-state index contributed by atoms with van der Waals surface area (Å²) in [7, 11) is 0. The van der Waals surface area contributed by atoms with Crippen molar-refractivity contribution >= 4 is 0 Å². The Morgan fingerprint density at radius 1 is 1.18 bits per heavy atom. The van der Waals surface area contributed by atoms with Crippen molar-refractivity contribution in [2.45, 2.75) is 88.4 Å². The molecule has 28 heavy (non-hydrogen) atoms. The maximum Gasteiger partial charge on any atom is 0.156 e. The molecule has 4 aliphatic carbocycles. The third-order valence-electron chi connectivity index (χ3n) is 8.74. The Balaban J connectivity index is 1.41. The fraction of sp³-hybridized carbons (Fsp3) is 0.680. The van der Waals surface area contributed by atoms with Crippen molar-refractivity contribution in [3.63, 3.8) is 0 Å². The van der Waals surface area contributed by atoms with Crippen LogP contribution in [0, 0.1) is 29.6 Å². The molecule has 0 saturated heterocycles. The molecule has 3 nitrogen and oxygen atoms in total. The molecule has 0 spiro atoms. The van der Waals surface area contributed by atoms with Crippen LogP contribution in [0.4, 0.5) is 0 Å². The Morgan fingerprint density at radius 3 is 2.71 bits per heavy atom. The molecule has 6 atom stereocenters. The molecule has 0 heterocycles. The highest BCUT2D eigenvalue weighted by atomic mass is 16.5. The van der Waals surface area contributed by atoms with E-state index in [-0.39, 0.29) is 11.3 Å². The van der Waals surface area contributed by atoms with E-state index in [0.717, 1.165) is 31.4 Å². The van der Waals surface area contributed by atoms with Crippen LogP contribution < -0.4 is 4.74 Å². The second-order valence-electron chi connectivity index (χ2n) is 9.92. The van der Waals surface area contributed by atoms with Crippen LogP contribution in [0.2, 0.25) is 0 Å². The van der Waals surface area contributed by atoms with Crippen molar-refractivity contribution in [3.05, 3.63) is 29.3 Å². The molecule has 3 saturated carbocycles. The summed E-state index contributed by atoms with van der Waals surface area (Å²) in [5.41, 5.74) is 1.13. The molecule has 3 fully saturated rings. The third kappa shape index (κ3) is 2.50. The molecule has 2 N–H and O–H groups in total. The number of aryl methyl sites for hydroxylation is 1. The van der Waals surface area contributed by atoms with Gasteiger partial charge in [0.05, 0.1) is 12.2 Å². The van der Waals surface area contributed by atoms with Crippen molar-refractivity contribution in [2.24, 2.45) is 17.3 Å². The van der Waals surface area contributed by atoms with E-state index in [1.807, 2.05) is 0 Å². The van der Waals surface area contributed by atoms with Crippen LogP contribution in [0.1, 0.15) is 75.3 Å². The predicted molar refractivity (Wildman–Crippen MR) is 109 cm³/mol. The lowest BCUT2D eigenvalue weighted by Crippen LogP contribution is -2.53. The minimum Gasteiger partial charge on any atom is -0.490 e. The summed E-state index contributed by atoms with van der Waals surface area (Å²) in [6.45, 7) is 2.11. The monoisotopic (exact) mass is 380 g/mol. The maximum atomic E-state index is 11.1. The van der Waals surface area contributed by atoms with Gasteiger partial charge in [-0.15, -0.1) is 6.42 Å². The van der Waals surface area contributed by atoms with Gasteiger partial charge in [-0.25, -0.2) is 0 Å². The van der Waals surface area contributed by atoms with Gasteiger partial charge >= 0.3 is 0 Å². The van der Waals surface area contributed by atoms with Gasteiger partial charge in [-0.05, 0) is 98.8 Å². The van der Waals surface area contributed by atoms with Crippen LogP contribution in [0.3, 0.4) is 0 Å². The number of benzene rings is 1. The van der Waals surface area contributed by atoms with Crippen molar-refractivity contribution in [2.75, 3.05) is 0 Å². The highest BCUT2D eigenvalue weighted by molar-refractivity contribution is 5.41. The molecule has 5 rings (SSSR count). The Kier molecular flexibility index (Phi) is 4.30. The highest BCUT2D eigenvalue weighted by Gasteiger charge is 2.65. The average Bonchev–Trinajstić information content (AvgIpc) is 3.27. The lowest BCUT2D eigenvalue weighted by Gasteiger charge is -2.52. The Morgan fingerprint density at radius 2 is 1.96 bits per heavy atom. The van der Waals surface area contributed by atoms with Gasteiger partial charge in [0.2, 0.25) is 0 Å². The summed E-state index contributed by atoms with van der Waals surface area (Å²) >= 11 is 0. The maximum absolute atomic E-state index is 11.1. The van der Waals surface area contributed by atoms with Crippen LogP contribution in [0.5, 0.6) is 5.75 Å². The van der Waals surface area contributed by atoms with E-state index in [0.29, 0.717) is 24.4 Å². The van der Waals surface area contributed by atoms with E-state index in [9.17, 15) is 10.2 Å². The smallest absolute Gasteiger partial charge is 0.156 e. The van der Waals surface area contributed by atoms with Crippen LogP contribution in [0.15, 0.2) is 18.2 Å². The second-order valence-corrected chi connectivity index (χ2v) is 9.92. The fourth-order valence-corrected chi connectivity index (χ4v) is 7.11. The van der Waals surface area contributed by atoms with Gasteiger partial charge < -0.3 is 14.9 Å². The SMILES string of the molecule is C#C[C@]1(O)[C@H](O)C[C@@H]2[C@@H]3CCc4cc(OC5CCCC5)ccc4[C@@H]3CC[C@]21C. The Labute approximate surface area is 168 Å². The van der Waals surface area contributed by atoms with Gasteiger partial charge in [-0.3, -0.25) is 0 Å². The lowest BCUT2D eigenvalue weighted by atomic mass is 9.53. The zero-order valence-corrected chi connectivity index (χ0v) is 16.9. The molecule has 1 aromatic rings. The zero-order chi connectivity index (χ0) is 19.5. The molecule has 0 radical (unpaired) electrons. The van der Waals surface area contributed by atoms with E-state index in [2.05, 4.69) is 31.0 Å². The predicted octanol–water partition coefficient (Wildman–Crippen LogP) is 4.20. The number of rotatable bonds is 2. The molecule has 0 amide bonds. The first-order chi connectivity index (χ1) is 13.5. The van der Waals surface area contributed by atoms with Crippen molar-refractivity contribution in [1.82, 2.24) is 0 Å². The molecular weight excluding hydrogens is 348 g/mol. The molecule has 3 heteroatoms.